The molecule has 1 aromatic carbocycles. The molecule has 0 unspecified atom stereocenters. The number of aryl methyl sites for hydroxylation is 2. The van der Waals surface area contributed by atoms with Crippen LogP contribution in [0, 0.1) is 13.8 Å². The summed E-state index contributed by atoms with van der Waals surface area (Å²) in [7, 11) is 0. The number of nitrogens with zero attached hydrogens (tertiary/aromatic N) is 3. The van der Waals surface area contributed by atoms with Gasteiger partial charge in [-0.2, -0.15) is 0 Å². The molecule has 0 spiro atoms. The van der Waals surface area contributed by atoms with E-state index in [1.54, 1.807) is 0 Å². The van der Waals surface area contributed by atoms with E-state index in [0.717, 1.165) is 35.0 Å². The van der Waals surface area contributed by atoms with Gasteiger partial charge in [0.05, 0.1) is 0 Å². The Morgan fingerprint density at radius 2 is 2.00 bits per heavy atom. The zero-order chi connectivity index (χ0) is 11.7. The topological polar surface area (TPSA) is 56.7 Å². The van der Waals surface area contributed by atoms with Crippen LogP contribution in [0.4, 0.5) is 5.69 Å². The van der Waals surface area contributed by atoms with Crippen LogP contribution in [0.25, 0.3) is 11.4 Å². The SMILES string of the molecule is CCn1c(C)nnc1-c1cccc(C)c1N. The van der Waals surface area contributed by atoms with Crippen molar-refractivity contribution in [3.8, 4) is 11.4 Å². The van der Waals surface area contributed by atoms with Gasteiger partial charge in [0.25, 0.3) is 0 Å². The van der Waals surface area contributed by atoms with Crippen molar-refractivity contribution in [2.45, 2.75) is 27.3 Å². The number of aromatic nitrogens is 3. The smallest absolute Gasteiger partial charge is 0.166 e. The van der Waals surface area contributed by atoms with E-state index in [-0.39, 0.29) is 0 Å². The van der Waals surface area contributed by atoms with Crippen molar-refractivity contribution in [2.75, 3.05) is 5.73 Å². The van der Waals surface area contributed by atoms with Crippen LogP contribution in [0.1, 0.15) is 18.3 Å². The Bertz CT molecular complexity index is 514. The number of hydrogen-bond donors (Lipinski definition) is 1. The van der Waals surface area contributed by atoms with Crippen LogP contribution in [-0.4, -0.2) is 14.8 Å². The van der Waals surface area contributed by atoms with E-state index in [2.05, 4.69) is 21.7 Å². The molecule has 0 saturated heterocycles. The Morgan fingerprint density at radius 3 is 2.69 bits per heavy atom. The molecule has 0 amide bonds. The molecule has 0 aliphatic carbocycles. The number of nitrogen functional groups attached to an aromatic ring is 1. The van der Waals surface area contributed by atoms with Gasteiger partial charge in [-0.15, -0.1) is 10.2 Å². The molecule has 0 aliphatic rings. The van der Waals surface area contributed by atoms with Gasteiger partial charge in [0.2, 0.25) is 0 Å². The molecule has 0 atom stereocenters. The molecule has 0 radical (unpaired) electrons. The minimum atomic E-state index is 0.782. The summed E-state index contributed by atoms with van der Waals surface area (Å²) in [5.74, 6) is 1.76. The maximum Gasteiger partial charge on any atom is 0.166 e. The third-order valence-corrected chi connectivity index (χ3v) is 2.82. The third-order valence-electron chi connectivity index (χ3n) is 2.82. The van der Waals surface area contributed by atoms with Crippen LogP contribution in [0.5, 0.6) is 0 Å². The first-order chi connectivity index (χ1) is 7.65. The first kappa shape index (κ1) is 10.7. The van der Waals surface area contributed by atoms with Crippen LogP contribution < -0.4 is 5.73 Å². The number of rotatable bonds is 2. The van der Waals surface area contributed by atoms with Gasteiger partial charge in [0, 0.05) is 17.8 Å². The van der Waals surface area contributed by atoms with E-state index in [1.165, 1.54) is 0 Å². The molecule has 84 valence electrons. The molecule has 0 saturated carbocycles. The summed E-state index contributed by atoms with van der Waals surface area (Å²) in [6, 6.07) is 5.97. The molecule has 2 rings (SSSR count). The van der Waals surface area contributed by atoms with Crippen molar-refractivity contribution in [3.63, 3.8) is 0 Å². The number of nitrogens with two attached hydrogens (primary N) is 1. The molecular formula is C12H16N4. The molecule has 0 aliphatic heterocycles. The largest absolute Gasteiger partial charge is 0.398 e. The fourth-order valence-corrected chi connectivity index (χ4v) is 1.83. The standard InChI is InChI=1S/C12H16N4/c1-4-16-9(3)14-15-12(16)10-7-5-6-8(2)11(10)13/h5-7H,4,13H2,1-3H3. The lowest BCUT2D eigenvalue weighted by atomic mass is 10.1. The average molecular weight is 216 g/mol. The van der Waals surface area contributed by atoms with Gasteiger partial charge in [-0.05, 0) is 32.4 Å². The fraction of sp³-hybridized carbons (Fsp3) is 0.333. The molecule has 1 aromatic heterocycles. The van der Waals surface area contributed by atoms with E-state index in [4.69, 9.17) is 5.73 Å². The molecule has 16 heavy (non-hydrogen) atoms. The highest BCUT2D eigenvalue weighted by Crippen LogP contribution is 2.27. The lowest BCUT2D eigenvalue weighted by molar-refractivity contribution is 0.737. The summed E-state index contributed by atoms with van der Waals surface area (Å²) in [5.41, 5.74) is 8.88. The van der Waals surface area contributed by atoms with E-state index in [9.17, 15) is 0 Å². The van der Waals surface area contributed by atoms with E-state index < -0.39 is 0 Å². The van der Waals surface area contributed by atoms with Gasteiger partial charge in [-0.1, -0.05) is 12.1 Å². The minimum Gasteiger partial charge on any atom is -0.398 e. The summed E-state index contributed by atoms with van der Waals surface area (Å²) >= 11 is 0. The van der Waals surface area contributed by atoms with Crippen molar-refractivity contribution in [1.29, 1.82) is 0 Å². The predicted molar refractivity (Wildman–Crippen MR) is 65.0 cm³/mol. The Kier molecular flexibility index (Phi) is 2.64. The zero-order valence-corrected chi connectivity index (χ0v) is 9.86. The molecule has 0 fully saturated rings. The van der Waals surface area contributed by atoms with Crippen molar-refractivity contribution in [2.24, 2.45) is 0 Å². The molecule has 4 nitrogen and oxygen atoms in total. The Labute approximate surface area is 95.1 Å². The Hall–Kier alpha value is -1.84. The highest BCUT2D eigenvalue weighted by molar-refractivity contribution is 5.74. The lowest BCUT2D eigenvalue weighted by Gasteiger charge is -2.09. The monoisotopic (exact) mass is 216 g/mol. The number of para-hydroxylation sites is 1. The second-order valence-corrected chi connectivity index (χ2v) is 3.85. The van der Waals surface area contributed by atoms with Crippen LogP contribution >= 0.6 is 0 Å². The van der Waals surface area contributed by atoms with Gasteiger partial charge < -0.3 is 10.3 Å². The first-order valence-electron chi connectivity index (χ1n) is 5.40. The molecule has 2 aromatic rings. The van der Waals surface area contributed by atoms with E-state index >= 15 is 0 Å². The molecule has 2 N–H and O–H groups in total. The first-order valence-corrected chi connectivity index (χ1v) is 5.40. The third kappa shape index (κ3) is 1.56. The van der Waals surface area contributed by atoms with Crippen molar-refractivity contribution in [3.05, 3.63) is 29.6 Å². The molecule has 0 bridgehead atoms. The lowest BCUT2D eigenvalue weighted by Crippen LogP contribution is -2.02. The highest BCUT2D eigenvalue weighted by atomic mass is 15.3. The summed E-state index contributed by atoms with van der Waals surface area (Å²) in [5, 5.41) is 8.28. The van der Waals surface area contributed by atoms with E-state index in [1.807, 2.05) is 32.0 Å². The minimum absolute atomic E-state index is 0.782. The summed E-state index contributed by atoms with van der Waals surface area (Å²) in [6.45, 7) is 6.87. The quantitative estimate of drug-likeness (QED) is 0.783. The van der Waals surface area contributed by atoms with Crippen molar-refractivity contribution < 1.29 is 0 Å². The van der Waals surface area contributed by atoms with Crippen molar-refractivity contribution in [1.82, 2.24) is 14.8 Å². The number of hydrogen-bond acceptors (Lipinski definition) is 3. The second-order valence-electron chi connectivity index (χ2n) is 3.85. The van der Waals surface area contributed by atoms with Gasteiger partial charge in [0.1, 0.15) is 5.82 Å². The van der Waals surface area contributed by atoms with Gasteiger partial charge >= 0.3 is 0 Å². The summed E-state index contributed by atoms with van der Waals surface area (Å²) in [4.78, 5) is 0. The number of benzene rings is 1. The van der Waals surface area contributed by atoms with Crippen LogP contribution in [-0.2, 0) is 6.54 Å². The van der Waals surface area contributed by atoms with Crippen molar-refractivity contribution >= 4 is 5.69 Å². The molecule has 1 heterocycles. The predicted octanol–water partition coefficient (Wildman–Crippen LogP) is 2.16. The van der Waals surface area contributed by atoms with Gasteiger partial charge in [-0.25, -0.2) is 0 Å². The van der Waals surface area contributed by atoms with E-state index in [0.29, 0.717) is 0 Å². The highest BCUT2D eigenvalue weighted by Gasteiger charge is 2.12. The van der Waals surface area contributed by atoms with Crippen LogP contribution in [0.15, 0.2) is 18.2 Å². The fourth-order valence-electron chi connectivity index (χ4n) is 1.83. The molecule has 4 heteroatoms. The Morgan fingerprint density at radius 1 is 1.25 bits per heavy atom. The normalized spacial score (nSPS) is 10.7. The van der Waals surface area contributed by atoms with Crippen LogP contribution in [0.2, 0.25) is 0 Å². The summed E-state index contributed by atoms with van der Waals surface area (Å²) in [6.07, 6.45) is 0. The number of anilines is 1. The maximum atomic E-state index is 6.07. The van der Waals surface area contributed by atoms with Gasteiger partial charge in [-0.3, -0.25) is 0 Å². The summed E-state index contributed by atoms with van der Waals surface area (Å²) < 4.78 is 2.06. The Balaban J connectivity index is 2.63. The molecular weight excluding hydrogens is 200 g/mol. The average Bonchev–Trinajstić information content (AvgIpc) is 2.63. The van der Waals surface area contributed by atoms with Crippen LogP contribution in [0.3, 0.4) is 0 Å². The zero-order valence-electron chi connectivity index (χ0n) is 9.86. The second kappa shape index (κ2) is 3.96. The van der Waals surface area contributed by atoms with Gasteiger partial charge in [0.15, 0.2) is 5.82 Å². The maximum absolute atomic E-state index is 6.07.